The predicted molar refractivity (Wildman–Crippen MR) is 95.9 cm³/mol. The highest BCUT2D eigenvalue weighted by Crippen LogP contribution is 2.33. The Morgan fingerprint density at radius 3 is 2.79 bits per heavy atom. The van der Waals surface area contributed by atoms with Crippen LogP contribution >= 0.6 is 0 Å². The number of imidazole rings is 1. The van der Waals surface area contributed by atoms with Gasteiger partial charge in [0.25, 0.3) is 0 Å². The van der Waals surface area contributed by atoms with E-state index in [1.807, 2.05) is 18.2 Å². The van der Waals surface area contributed by atoms with Crippen LogP contribution in [0.2, 0.25) is 0 Å². The number of aliphatic hydroxyl groups is 1. The lowest BCUT2D eigenvalue weighted by molar-refractivity contribution is 0.135. The summed E-state index contributed by atoms with van der Waals surface area (Å²) in [4.78, 5) is 4.83. The van der Waals surface area contributed by atoms with E-state index in [0.29, 0.717) is 6.42 Å². The van der Waals surface area contributed by atoms with Gasteiger partial charge in [-0.25, -0.2) is 4.98 Å². The van der Waals surface area contributed by atoms with Gasteiger partial charge in [-0.3, -0.25) is 5.32 Å². The molecule has 1 aliphatic rings. The largest absolute Gasteiger partial charge is 0.391 e. The fraction of sp³-hybridized carbons (Fsp3) is 0.350. The van der Waals surface area contributed by atoms with Gasteiger partial charge in [0, 0.05) is 13.0 Å². The minimum atomic E-state index is -0.385. The molecule has 4 heteroatoms. The van der Waals surface area contributed by atoms with Crippen LogP contribution in [-0.4, -0.2) is 20.8 Å². The summed E-state index contributed by atoms with van der Waals surface area (Å²) in [7, 11) is 0. The smallest absolute Gasteiger partial charge is 0.126 e. The first-order valence-electron chi connectivity index (χ1n) is 8.66. The second-order valence-corrected chi connectivity index (χ2v) is 6.54. The van der Waals surface area contributed by atoms with E-state index >= 15 is 0 Å². The summed E-state index contributed by atoms with van der Waals surface area (Å²) in [5, 5.41) is 14.1. The number of fused-ring (bicyclic) bond motifs is 2. The summed E-state index contributed by atoms with van der Waals surface area (Å²) in [6, 6.07) is 16.5. The molecule has 4 nitrogen and oxygen atoms in total. The number of nitrogens with one attached hydrogen (secondary N) is 1. The SMILES string of the molecule is CCn1c(C(C)NC2c3ccccc3CC2O)nc2ccccc21. The van der Waals surface area contributed by atoms with Gasteiger partial charge in [-0.05, 0) is 37.1 Å². The Kier molecular flexibility index (Phi) is 3.87. The summed E-state index contributed by atoms with van der Waals surface area (Å²) in [5.41, 5.74) is 4.63. The van der Waals surface area contributed by atoms with E-state index in [0.717, 1.165) is 23.4 Å². The maximum atomic E-state index is 10.5. The van der Waals surface area contributed by atoms with Gasteiger partial charge in [-0.2, -0.15) is 0 Å². The third-order valence-electron chi connectivity index (χ3n) is 5.02. The fourth-order valence-electron chi connectivity index (χ4n) is 3.88. The van der Waals surface area contributed by atoms with Crippen molar-refractivity contribution in [2.45, 2.75) is 45.0 Å². The van der Waals surface area contributed by atoms with E-state index < -0.39 is 0 Å². The Bertz CT molecular complexity index is 870. The summed E-state index contributed by atoms with van der Waals surface area (Å²) in [6.45, 7) is 5.15. The lowest BCUT2D eigenvalue weighted by Gasteiger charge is -2.23. The maximum Gasteiger partial charge on any atom is 0.126 e. The van der Waals surface area contributed by atoms with Crippen LogP contribution in [0.5, 0.6) is 0 Å². The molecule has 2 aromatic carbocycles. The zero-order valence-corrected chi connectivity index (χ0v) is 14.1. The quantitative estimate of drug-likeness (QED) is 0.774. The highest BCUT2D eigenvalue weighted by Gasteiger charge is 2.32. The van der Waals surface area contributed by atoms with Crippen LogP contribution in [0.1, 0.15) is 42.9 Å². The summed E-state index contributed by atoms with van der Waals surface area (Å²) in [5.74, 6) is 1.02. The molecule has 24 heavy (non-hydrogen) atoms. The van der Waals surface area contributed by atoms with Gasteiger partial charge < -0.3 is 9.67 Å². The topological polar surface area (TPSA) is 50.1 Å². The van der Waals surface area contributed by atoms with Gasteiger partial charge >= 0.3 is 0 Å². The molecular formula is C20H23N3O. The molecule has 0 saturated heterocycles. The molecule has 0 amide bonds. The van der Waals surface area contributed by atoms with Crippen LogP contribution in [0.4, 0.5) is 0 Å². The average Bonchev–Trinajstić information content (AvgIpc) is 3.13. The first kappa shape index (κ1) is 15.4. The molecule has 2 N–H and O–H groups in total. The normalized spacial score (nSPS) is 21.1. The number of rotatable bonds is 4. The van der Waals surface area contributed by atoms with Gasteiger partial charge in [0.2, 0.25) is 0 Å². The summed E-state index contributed by atoms with van der Waals surface area (Å²) >= 11 is 0. The van der Waals surface area contributed by atoms with Crippen LogP contribution in [-0.2, 0) is 13.0 Å². The van der Waals surface area contributed by atoms with Crippen LogP contribution in [0, 0.1) is 0 Å². The maximum absolute atomic E-state index is 10.5. The van der Waals surface area contributed by atoms with Crippen LogP contribution in [0.15, 0.2) is 48.5 Å². The standard InChI is InChI=1S/C20H23N3O/c1-3-23-17-11-7-6-10-16(17)22-20(23)13(2)21-19-15-9-5-4-8-14(15)12-18(19)24/h4-11,13,18-19,21,24H,3,12H2,1-2H3. The average molecular weight is 321 g/mol. The number of benzene rings is 2. The molecule has 1 aromatic heterocycles. The zero-order chi connectivity index (χ0) is 16.7. The van der Waals surface area contributed by atoms with Crippen molar-refractivity contribution < 1.29 is 5.11 Å². The van der Waals surface area contributed by atoms with Gasteiger partial charge in [0.05, 0.1) is 29.2 Å². The van der Waals surface area contributed by atoms with Crippen molar-refractivity contribution in [2.24, 2.45) is 0 Å². The molecule has 0 fully saturated rings. The lowest BCUT2D eigenvalue weighted by Crippen LogP contribution is -2.32. The molecule has 0 radical (unpaired) electrons. The minimum absolute atomic E-state index is 0.0404. The number of aromatic nitrogens is 2. The van der Waals surface area contributed by atoms with E-state index in [4.69, 9.17) is 4.98 Å². The molecule has 124 valence electrons. The molecule has 0 saturated carbocycles. The third-order valence-corrected chi connectivity index (χ3v) is 5.02. The first-order valence-corrected chi connectivity index (χ1v) is 8.66. The van der Waals surface area contributed by atoms with Crippen LogP contribution < -0.4 is 5.32 Å². The second-order valence-electron chi connectivity index (χ2n) is 6.54. The van der Waals surface area contributed by atoms with Crippen LogP contribution in [0.25, 0.3) is 11.0 Å². The van der Waals surface area contributed by atoms with E-state index in [-0.39, 0.29) is 18.2 Å². The molecule has 1 heterocycles. The lowest BCUT2D eigenvalue weighted by atomic mass is 10.1. The zero-order valence-electron chi connectivity index (χ0n) is 14.1. The van der Waals surface area contributed by atoms with Crippen molar-refractivity contribution in [3.63, 3.8) is 0 Å². The number of aliphatic hydroxyl groups excluding tert-OH is 1. The van der Waals surface area contributed by atoms with Gasteiger partial charge in [0.1, 0.15) is 5.82 Å². The monoisotopic (exact) mass is 321 g/mol. The van der Waals surface area contributed by atoms with E-state index in [1.54, 1.807) is 0 Å². The Labute approximate surface area is 142 Å². The molecule has 0 spiro atoms. The van der Waals surface area contributed by atoms with Crippen molar-refractivity contribution in [2.75, 3.05) is 0 Å². The van der Waals surface area contributed by atoms with E-state index in [1.165, 1.54) is 11.1 Å². The van der Waals surface area contributed by atoms with E-state index in [9.17, 15) is 5.11 Å². The fourth-order valence-corrected chi connectivity index (χ4v) is 3.88. The molecule has 4 rings (SSSR count). The van der Waals surface area contributed by atoms with Crippen molar-refractivity contribution >= 4 is 11.0 Å². The Balaban J connectivity index is 1.67. The highest BCUT2D eigenvalue weighted by molar-refractivity contribution is 5.76. The number of aryl methyl sites for hydroxylation is 1. The summed E-state index contributed by atoms with van der Waals surface area (Å²) < 4.78 is 2.25. The number of para-hydroxylation sites is 2. The van der Waals surface area contributed by atoms with Crippen molar-refractivity contribution in [1.82, 2.24) is 14.9 Å². The van der Waals surface area contributed by atoms with Gasteiger partial charge in [-0.15, -0.1) is 0 Å². The first-order chi connectivity index (χ1) is 11.7. The Morgan fingerprint density at radius 2 is 1.96 bits per heavy atom. The minimum Gasteiger partial charge on any atom is -0.391 e. The van der Waals surface area contributed by atoms with Gasteiger partial charge in [-0.1, -0.05) is 36.4 Å². The molecule has 3 aromatic rings. The second kappa shape index (κ2) is 6.04. The number of nitrogens with zero attached hydrogens (tertiary/aromatic N) is 2. The van der Waals surface area contributed by atoms with Crippen molar-refractivity contribution in [1.29, 1.82) is 0 Å². The summed E-state index contributed by atoms with van der Waals surface area (Å²) in [6.07, 6.45) is 0.328. The van der Waals surface area contributed by atoms with E-state index in [2.05, 4.69) is 54.1 Å². The molecule has 3 atom stereocenters. The number of hydrogen-bond donors (Lipinski definition) is 2. The van der Waals surface area contributed by atoms with Crippen molar-refractivity contribution in [3.8, 4) is 0 Å². The Hall–Kier alpha value is -2.17. The molecule has 1 aliphatic carbocycles. The molecule has 3 unspecified atom stereocenters. The molecule has 0 aliphatic heterocycles. The van der Waals surface area contributed by atoms with Crippen LogP contribution in [0.3, 0.4) is 0 Å². The van der Waals surface area contributed by atoms with Gasteiger partial charge in [0.15, 0.2) is 0 Å². The third kappa shape index (κ3) is 2.43. The highest BCUT2D eigenvalue weighted by atomic mass is 16.3. The Morgan fingerprint density at radius 1 is 1.21 bits per heavy atom. The predicted octanol–water partition coefficient (Wildman–Crippen LogP) is 3.37. The number of hydrogen-bond acceptors (Lipinski definition) is 3. The molecular weight excluding hydrogens is 298 g/mol. The van der Waals surface area contributed by atoms with Crippen molar-refractivity contribution in [3.05, 3.63) is 65.5 Å². The molecule has 0 bridgehead atoms.